The summed E-state index contributed by atoms with van der Waals surface area (Å²) in [6, 6.07) is 10.6. The molecule has 140 valence electrons. The third kappa shape index (κ3) is 3.84. The lowest BCUT2D eigenvalue weighted by Crippen LogP contribution is -2.52. The van der Waals surface area contributed by atoms with Gasteiger partial charge in [0.05, 0.1) is 20.5 Å². The van der Waals surface area contributed by atoms with Crippen molar-refractivity contribution in [1.82, 2.24) is 0 Å². The fourth-order valence-corrected chi connectivity index (χ4v) is 3.47. The van der Waals surface area contributed by atoms with Gasteiger partial charge in [-0.05, 0) is 37.3 Å². The maximum Gasteiger partial charge on any atom is 0.426 e. The van der Waals surface area contributed by atoms with E-state index in [1.807, 2.05) is 5.32 Å². The van der Waals surface area contributed by atoms with E-state index in [-0.39, 0.29) is 20.5 Å². The maximum absolute atomic E-state index is 12.7. The molecule has 0 aliphatic heterocycles. The summed E-state index contributed by atoms with van der Waals surface area (Å²) in [4.78, 5) is 11.5. The van der Waals surface area contributed by atoms with E-state index < -0.39 is 27.5 Å². The molecule has 1 atom stereocenters. The summed E-state index contributed by atoms with van der Waals surface area (Å²) < 4.78 is 63.0. The molecule has 5 nitrogen and oxygen atoms in total. The molecule has 0 radical (unpaired) electrons. The van der Waals surface area contributed by atoms with Crippen LogP contribution in [0.5, 0.6) is 0 Å². The van der Waals surface area contributed by atoms with E-state index >= 15 is 0 Å². The van der Waals surface area contributed by atoms with Crippen molar-refractivity contribution in [2.45, 2.75) is 28.5 Å². The predicted octanol–water partition coefficient (Wildman–Crippen LogP) is 3.42. The predicted molar refractivity (Wildman–Crippen MR) is 88.7 cm³/mol. The average Bonchev–Trinajstić information content (AvgIpc) is 2.56. The van der Waals surface area contributed by atoms with Crippen LogP contribution < -0.4 is 5.32 Å². The number of hydrogen-bond donors (Lipinski definition) is 2. The number of rotatable bonds is 4. The molecule has 0 spiro atoms. The number of benzene rings is 2. The van der Waals surface area contributed by atoms with Crippen LogP contribution in [0, 0.1) is 0 Å². The first-order chi connectivity index (χ1) is 11.9. The first kappa shape index (κ1) is 20.2. The topological polar surface area (TPSA) is 83.5 Å². The van der Waals surface area contributed by atoms with Crippen molar-refractivity contribution >= 4 is 33.0 Å². The van der Waals surface area contributed by atoms with Crippen LogP contribution in [0.25, 0.3) is 0 Å². The van der Waals surface area contributed by atoms with Gasteiger partial charge in [0.25, 0.3) is 5.91 Å². The molecule has 2 rings (SSSR count). The van der Waals surface area contributed by atoms with Gasteiger partial charge >= 0.3 is 6.18 Å². The molecular weight excluding hydrogens is 395 g/mol. The van der Waals surface area contributed by atoms with Crippen molar-refractivity contribution in [3.8, 4) is 0 Å². The number of sulfone groups is 1. The first-order valence-corrected chi connectivity index (χ1v) is 8.94. The number of nitrogens with one attached hydrogen (secondary N) is 1. The molecular formula is C16H13ClF3NO4S. The van der Waals surface area contributed by atoms with Crippen molar-refractivity contribution in [3.05, 3.63) is 53.6 Å². The van der Waals surface area contributed by atoms with Crippen molar-refractivity contribution in [2.24, 2.45) is 0 Å². The molecule has 0 unspecified atom stereocenters. The summed E-state index contributed by atoms with van der Waals surface area (Å²) in [5, 5.41) is 10.9. The Morgan fingerprint density at radius 2 is 1.65 bits per heavy atom. The van der Waals surface area contributed by atoms with Crippen LogP contribution in [-0.2, 0) is 14.6 Å². The van der Waals surface area contributed by atoms with Gasteiger partial charge in [0.15, 0.2) is 0 Å². The Kier molecular flexibility index (Phi) is 5.36. The van der Waals surface area contributed by atoms with E-state index in [4.69, 9.17) is 11.6 Å². The highest BCUT2D eigenvalue weighted by molar-refractivity contribution is 7.91. The summed E-state index contributed by atoms with van der Waals surface area (Å²) in [5.74, 6) is -1.74. The Bertz CT molecular complexity index is 928. The lowest BCUT2D eigenvalue weighted by atomic mass is 10.1. The smallest absolute Gasteiger partial charge is 0.373 e. The van der Waals surface area contributed by atoms with Crippen LogP contribution in [0.3, 0.4) is 0 Å². The number of anilines is 1. The van der Waals surface area contributed by atoms with Gasteiger partial charge < -0.3 is 10.4 Å². The van der Waals surface area contributed by atoms with Gasteiger partial charge in [-0.1, -0.05) is 29.8 Å². The number of amides is 1. The third-order valence-electron chi connectivity index (χ3n) is 3.55. The van der Waals surface area contributed by atoms with Crippen LogP contribution in [0.4, 0.5) is 18.9 Å². The zero-order chi connectivity index (χ0) is 19.8. The van der Waals surface area contributed by atoms with Crippen molar-refractivity contribution in [1.29, 1.82) is 0 Å². The van der Waals surface area contributed by atoms with Gasteiger partial charge in [-0.25, -0.2) is 8.42 Å². The molecule has 0 saturated carbocycles. The van der Waals surface area contributed by atoms with Crippen molar-refractivity contribution < 1.29 is 31.5 Å². The summed E-state index contributed by atoms with van der Waals surface area (Å²) in [7, 11) is -3.88. The molecule has 26 heavy (non-hydrogen) atoms. The molecule has 0 bridgehead atoms. The summed E-state index contributed by atoms with van der Waals surface area (Å²) in [6.07, 6.45) is -5.19. The molecule has 2 aromatic carbocycles. The number of halogens is 4. The second-order valence-electron chi connectivity index (χ2n) is 5.48. The normalized spacial score (nSPS) is 14.5. The maximum atomic E-state index is 12.7. The van der Waals surface area contributed by atoms with Crippen molar-refractivity contribution in [2.75, 3.05) is 5.32 Å². The third-order valence-corrected chi connectivity index (χ3v) is 5.63. The Morgan fingerprint density at radius 3 is 2.15 bits per heavy atom. The molecule has 0 aromatic heterocycles. The number of aliphatic hydroxyl groups is 1. The standard InChI is InChI=1S/C16H13ClF3NO4S/c1-15(23,16(18,19)20)14(22)21-13-8-7-11(9-12(13)17)26(24,25)10-5-3-2-4-6-10/h2-9,23H,1H3,(H,21,22)/t15-/m1/s1. The highest BCUT2D eigenvalue weighted by atomic mass is 35.5. The minimum Gasteiger partial charge on any atom is -0.373 e. The molecule has 0 heterocycles. The minimum absolute atomic E-state index is 0.00727. The Labute approximate surface area is 152 Å². The fraction of sp³-hybridized carbons (Fsp3) is 0.188. The highest BCUT2D eigenvalue weighted by Crippen LogP contribution is 2.33. The van der Waals surface area contributed by atoms with E-state index in [1.165, 1.54) is 24.3 Å². The number of carbonyl (C=O) groups excluding carboxylic acids is 1. The van der Waals surface area contributed by atoms with E-state index in [0.717, 1.165) is 18.2 Å². The fourth-order valence-electron chi connectivity index (χ4n) is 1.87. The second kappa shape index (κ2) is 6.90. The molecule has 0 fully saturated rings. The van der Waals surface area contributed by atoms with Gasteiger partial charge in [-0.2, -0.15) is 13.2 Å². The van der Waals surface area contributed by atoms with Gasteiger partial charge in [0.2, 0.25) is 15.4 Å². The molecule has 0 saturated heterocycles. The van der Waals surface area contributed by atoms with Crippen LogP contribution in [0.15, 0.2) is 58.3 Å². The molecule has 0 aliphatic carbocycles. The second-order valence-corrected chi connectivity index (χ2v) is 7.84. The average molecular weight is 408 g/mol. The molecule has 10 heteroatoms. The van der Waals surface area contributed by atoms with Crippen LogP contribution in [0.2, 0.25) is 5.02 Å². The highest BCUT2D eigenvalue weighted by Gasteiger charge is 2.55. The van der Waals surface area contributed by atoms with Crippen LogP contribution >= 0.6 is 11.6 Å². The van der Waals surface area contributed by atoms with E-state index in [9.17, 15) is 31.5 Å². The Morgan fingerprint density at radius 1 is 1.08 bits per heavy atom. The number of alkyl halides is 3. The van der Waals surface area contributed by atoms with Crippen LogP contribution in [-0.4, -0.2) is 31.2 Å². The molecule has 1 amide bonds. The molecule has 0 aliphatic rings. The van der Waals surface area contributed by atoms with Gasteiger partial charge in [-0.3, -0.25) is 4.79 Å². The van der Waals surface area contributed by atoms with Gasteiger partial charge in [0.1, 0.15) is 0 Å². The van der Waals surface area contributed by atoms with Crippen LogP contribution in [0.1, 0.15) is 6.92 Å². The van der Waals surface area contributed by atoms with Gasteiger partial charge in [-0.15, -0.1) is 0 Å². The molecule has 2 aromatic rings. The lowest BCUT2D eigenvalue weighted by Gasteiger charge is -2.25. The molecule has 2 N–H and O–H groups in total. The lowest BCUT2D eigenvalue weighted by molar-refractivity contribution is -0.242. The quantitative estimate of drug-likeness (QED) is 0.813. The van der Waals surface area contributed by atoms with E-state index in [2.05, 4.69) is 0 Å². The van der Waals surface area contributed by atoms with E-state index in [0.29, 0.717) is 6.92 Å². The van der Waals surface area contributed by atoms with Crippen molar-refractivity contribution in [3.63, 3.8) is 0 Å². The summed E-state index contributed by atoms with van der Waals surface area (Å²) in [6.45, 7) is 0.296. The zero-order valence-electron chi connectivity index (χ0n) is 13.2. The SMILES string of the molecule is C[C@@](O)(C(=O)Nc1ccc(S(=O)(=O)c2ccccc2)cc1Cl)C(F)(F)F. The largest absolute Gasteiger partial charge is 0.426 e. The number of hydrogen-bond acceptors (Lipinski definition) is 4. The van der Waals surface area contributed by atoms with Gasteiger partial charge in [0, 0.05) is 0 Å². The summed E-state index contributed by atoms with van der Waals surface area (Å²) in [5.41, 5.74) is -3.90. The van der Waals surface area contributed by atoms with E-state index in [1.54, 1.807) is 6.07 Å². The number of carbonyl (C=O) groups is 1. The summed E-state index contributed by atoms with van der Waals surface area (Å²) >= 11 is 5.89. The monoisotopic (exact) mass is 407 g/mol. The minimum atomic E-state index is -5.19. The Hall–Kier alpha value is -2.10. The Balaban J connectivity index is 2.33. The zero-order valence-corrected chi connectivity index (χ0v) is 14.8. The first-order valence-electron chi connectivity index (χ1n) is 7.07.